The zero-order valence-corrected chi connectivity index (χ0v) is 10.2. The van der Waals surface area contributed by atoms with E-state index in [0.717, 1.165) is 4.47 Å². The van der Waals surface area contributed by atoms with Crippen LogP contribution in [0, 0.1) is 0 Å². The van der Waals surface area contributed by atoms with Crippen molar-refractivity contribution >= 4 is 27.5 Å². The van der Waals surface area contributed by atoms with Crippen molar-refractivity contribution in [2.45, 2.75) is 13.0 Å². The van der Waals surface area contributed by atoms with Crippen LogP contribution in [-0.4, -0.2) is 19.1 Å². The lowest BCUT2D eigenvalue weighted by Crippen LogP contribution is -2.32. The summed E-state index contributed by atoms with van der Waals surface area (Å²) in [6, 6.07) is 4.81. The summed E-state index contributed by atoms with van der Waals surface area (Å²) >= 11 is 3.31. The molecule has 82 valence electrons. The lowest BCUT2D eigenvalue weighted by molar-refractivity contribution is -0.117. The molecule has 0 heterocycles. The molecule has 0 fully saturated rings. The summed E-state index contributed by atoms with van der Waals surface area (Å²) in [6.07, 6.45) is 0. The van der Waals surface area contributed by atoms with Gasteiger partial charge >= 0.3 is 0 Å². The van der Waals surface area contributed by atoms with Gasteiger partial charge in [-0.05, 0) is 25.1 Å². The van der Waals surface area contributed by atoms with Crippen LogP contribution in [0.5, 0.6) is 5.75 Å². The molecule has 0 spiro atoms. The Morgan fingerprint density at radius 3 is 2.80 bits per heavy atom. The number of carbonyl (C=O) groups is 1. The topological polar surface area (TPSA) is 64.3 Å². The smallest absolute Gasteiger partial charge is 0.241 e. The molecule has 0 aliphatic carbocycles. The van der Waals surface area contributed by atoms with Crippen LogP contribution in [0.4, 0.5) is 5.69 Å². The molecule has 0 saturated heterocycles. The fourth-order valence-electron chi connectivity index (χ4n) is 1.02. The molecule has 1 aromatic carbocycles. The molecular formula is C10H13BrN2O2. The van der Waals surface area contributed by atoms with E-state index in [-0.39, 0.29) is 5.91 Å². The third-order valence-corrected chi connectivity index (χ3v) is 2.33. The average molecular weight is 273 g/mol. The van der Waals surface area contributed by atoms with Crippen LogP contribution in [0.15, 0.2) is 22.7 Å². The maximum Gasteiger partial charge on any atom is 0.241 e. The van der Waals surface area contributed by atoms with E-state index in [2.05, 4.69) is 21.2 Å². The van der Waals surface area contributed by atoms with Gasteiger partial charge in [0.05, 0.1) is 18.8 Å². The Hall–Kier alpha value is -1.07. The van der Waals surface area contributed by atoms with Crippen molar-refractivity contribution in [1.82, 2.24) is 0 Å². The van der Waals surface area contributed by atoms with Gasteiger partial charge in [-0.1, -0.05) is 15.9 Å². The SMILES string of the molecule is COc1ccc(Br)cc1NC(=O)C(C)N. The first-order valence-electron chi connectivity index (χ1n) is 4.44. The summed E-state index contributed by atoms with van der Waals surface area (Å²) in [4.78, 5) is 11.4. The molecule has 1 unspecified atom stereocenters. The Morgan fingerprint density at radius 2 is 2.27 bits per heavy atom. The number of nitrogens with two attached hydrogens (primary N) is 1. The van der Waals surface area contributed by atoms with Crippen LogP contribution in [0.25, 0.3) is 0 Å². The largest absolute Gasteiger partial charge is 0.495 e. The molecule has 0 saturated carbocycles. The van der Waals surface area contributed by atoms with E-state index in [0.29, 0.717) is 11.4 Å². The molecular weight excluding hydrogens is 260 g/mol. The van der Waals surface area contributed by atoms with Gasteiger partial charge in [-0.3, -0.25) is 4.79 Å². The Balaban J connectivity index is 2.92. The fourth-order valence-corrected chi connectivity index (χ4v) is 1.39. The second-order valence-corrected chi connectivity index (χ2v) is 4.04. The van der Waals surface area contributed by atoms with E-state index in [1.165, 1.54) is 0 Å². The lowest BCUT2D eigenvalue weighted by atomic mass is 10.2. The number of hydrogen-bond donors (Lipinski definition) is 2. The fraction of sp³-hybridized carbons (Fsp3) is 0.300. The third kappa shape index (κ3) is 3.21. The Morgan fingerprint density at radius 1 is 1.60 bits per heavy atom. The molecule has 0 bridgehead atoms. The van der Waals surface area contributed by atoms with Gasteiger partial charge < -0.3 is 15.8 Å². The van der Waals surface area contributed by atoms with Crippen molar-refractivity contribution in [2.24, 2.45) is 5.73 Å². The highest BCUT2D eigenvalue weighted by Gasteiger charge is 2.11. The van der Waals surface area contributed by atoms with Crippen molar-refractivity contribution in [3.8, 4) is 5.75 Å². The second kappa shape index (κ2) is 5.14. The molecule has 1 atom stereocenters. The Labute approximate surface area is 96.9 Å². The minimum atomic E-state index is -0.548. The monoisotopic (exact) mass is 272 g/mol. The van der Waals surface area contributed by atoms with Gasteiger partial charge in [-0.15, -0.1) is 0 Å². The van der Waals surface area contributed by atoms with Gasteiger partial charge in [0.2, 0.25) is 5.91 Å². The van der Waals surface area contributed by atoms with Crippen molar-refractivity contribution < 1.29 is 9.53 Å². The summed E-state index contributed by atoms with van der Waals surface area (Å²) in [5, 5.41) is 2.68. The number of halogens is 1. The maximum atomic E-state index is 11.4. The zero-order chi connectivity index (χ0) is 11.4. The number of hydrogen-bond acceptors (Lipinski definition) is 3. The quantitative estimate of drug-likeness (QED) is 0.881. The molecule has 0 aliphatic rings. The molecule has 4 nitrogen and oxygen atoms in total. The molecule has 0 aromatic heterocycles. The van der Waals surface area contributed by atoms with Gasteiger partial charge in [0.15, 0.2) is 0 Å². The highest BCUT2D eigenvalue weighted by Crippen LogP contribution is 2.27. The van der Waals surface area contributed by atoms with Crippen LogP contribution >= 0.6 is 15.9 Å². The number of amides is 1. The highest BCUT2D eigenvalue weighted by atomic mass is 79.9. The van der Waals surface area contributed by atoms with Gasteiger partial charge in [-0.2, -0.15) is 0 Å². The van der Waals surface area contributed by atoms with Gasteiger partial charge in [0.25, 0.3) is 0 Å². The summed E-state index contributed by atoms with van der Waals surface area (Å²) in [6.45, 7) is 1.62. The molecule has 15 heavy (non-hydrogen) atoms. The van der Waals surface area contributed by atoms with E-state index in [1.807, 2.05) is 6.07 Å². The van der Waals surface area contributed by atoms with Crippen molar-refractivity contribution in [3.63, 3.8) is 0 Å². The normalized spacial score (nSPS) is 12.0. The first-order chi connectivity index (χ1) is 7.04. The predicted octanol–water partition coefficient (Wildman–Crippen LogP) is 1.74. The molecule has 5 heteroatoms. The van der Waals surface area contributed by atoms with E-state index in [1.54, 1.807) is 26.2 Å². The molecule has 1 amide bonds. The number of ether oxygens (including phenoxy) is 1. The van der Waals surface area contributed by atoms with Gasteiger partial charge in [-0.25, -0.2) is 0 Å². The van der Waals surface area contributed by atoms with E-state index >= 15 is 0 Å². The first-order valence-corrected chi connectivity index (χ1v) is 5.24. The standard InChI is InChI=1S/C10H13BrN2O2/c1-6(12)10(14)13-8-5-7(11)3-4-9(8)15-2/h3-6H,12H2,1-2H3,(H,13,14). The number of anilines is 1. The first kappa shape index (κ1) is 12.0. The summed E-state index contributed by atoms with van der Waals surface area (Å²) in [7, 11) is 1.55. The van der Waals surface area contributed by atoms with Crippen LogP contribution < -0.4 is 15.8 Å². The summed E-state index contributed by atoms with van der Waals surface area (Å²) in [5.74, 6) is 0.360. The molecule has 0 aliphatic heterocycles. The van der Waals surface area contributed by atoms with E-state index in [9.17, 15) is 4.79 Å². The number of methoxy groups -OCH3 is 1. The van der Waals surface area contributed by atoms with Crippen LogP contribution in [0.2, 0.25) is 0 Å². The third-order valence-electron chi connectivity index (χ3n) is 1.83. The van der Waals surface area contributed by atoms with Crippen LogP contribution in [0.3, 0.4) is 0 Å². The maximum absolute atomic E-state index is 11.4. The number of nitrogens with one attached hydrogen (secondary N) is 1. The zero-order valence-electron chi connectivity index (χ0n) is 8.58. The summed E-state index contributed by atoms with van der Waals surface area (Å²) in [5.41, 5.74) is 6.05. The molecule has 1 aromatic rings. The van der Waals surface area contributed by atoms with E-state index in [4.69, 9.17) is 10.5 Å². The number of benzene rings is 1. The minimum Gasteiger partial charge on any atom is -0.495 e. The van der Waals surface area contributed by atoms with Gasteiger partial charge in [0, 0.05) is 4.47 Å². The van der Waals surface area contributed by atoms with Crippen LogP contribution in [-0.2, 0) is 4.79 Å². The Kier molecular flexibility index (Phi) is 4.11. The predicted molar refractivity (Wildman–Crippen MR) is 63.0 cm³/mol. The Bertz CT molecular complexity index is 366. The minimum absolute atomic E-state index is 0.244. The van der Waals surface area contributed by atoms with Crippen molar-refractivity contribution in [1.29, 1.82) is 0 Å². The molecule has 0 radical (unpaired) electrons. The van der Waals surface area contributed by atoms with Crippen molar-refractivity contribution in [2.75, 3.05) is 12.4 Å². The molecule has 3 N–H and O–H groups in total. The summed E-state index contributed by atoms with van der Waals surface area (Å²) < 4.78 is 5.97. The number of carbonyl (C=O) groups excluding carboxylic acids is 1. The lowest BCUT2D eigenvalue weighted by Gasteiger charge is -2.11. The average Bonchev–Trinajstić information content (AvgIpc) is 2.18. The second-order valence-electron chi connectivity index (χ2n) is 3.12. The van der Waals surface area contributed by atoms with Gasteiger partial charge in [0.1, 0.15) is 5.75 Å². The van der Waals surface area contributed by atoms with E-state index < -0.39 is 6.04 Å². The molecule has 1 rings (SSSR count). The van der Waals surface area contributed by atoms with Crippen molar-refractivity contribution in [3.05, 3.63) is 22.7 Å². The highest BCUT2D eigenvalue weighted by molar-refractivity contribution is 9.10. The number of rotatable bonds is 3. The van der Waals surface area contributed by atoms with Crippen LogP contribution in [0.1, 0.15) is 6.92 Å².